The summed E-state index contributed by atoms with van der Waals surface area (Å²) in [5.74, 6) is -0.176. The number of carbonyl (C=O) groups excluding carboxylic acids is 2. The van der Waals surface area contributed by atoms with Crippen LogP contribution in [-0.4, -0.2) is 21.8 Å². The molecule has 114 valence electrons. The first-order chi connectivity index (χ1) is 10.6. The summed E-state index contributed by atoms with van der Waals surface area (Å²) >= 11 is 0. The Morgan fingerprint density at radius 2 is 1.91 bits per heavy atom. The van der Waals surface area contributed by atoms with Crippen molar-refractivity contribution in [2.45, 2.75) is 26.2 Å². The molecule has 0 radical (unpaired) electrons. The average Bonchev–Trinajstić information content (AvgIpc) is 2.53. The highest BCUT2D eigenvalue weighted by atomic mass is 16.2. The number of nitrogens with one attached hydrogen (secondary N) is 1. The fourth-order valence-electron chi connectivity index (χ4n) is 1.90. The first-order valence-electron chi connectivity index (χ1n) is 7.14. The van der Waals surface area contributed by atoms with Gasteiger partial charge in [0.05, 0.1) is 0 Å². The highest BCUT2D eigenvalue weighted by molar-refractivity contribution is 5.94. The van der Waals surface area contributed by atoms with Crippen LogP contribution in [0, 0.1) is 0 Å². The smallest absolute Gasteiger partial charge is 0.267 e. The van der Waals surface area contributed by atoms with Crippen LogP contribution >= 0.6 is 0 Å². The van der Waals surface area contributed by atoms with Crippen molar-refractivity contribution in [2.24, 2.45) is 5.73 Å². The highest BCUT2D eigenvalue weighted by Gasteiger charge is 2.12. The summed E-state index contributed by atoms with van der Waals surface area (Å²) in [6.45, 7) is 2.01. The van der Waals surface area contributed by atoms with Crippen molar-refractivity contribution >= 4 is 17.6 Å². The van der Waals surface area contributed by atoms with E-state index in [1.807, 2.05) is 37.3 Å². The van der Waals surface area contributed by atoms with Crippen LogP contribution < -0.4 is 11.1 Å². The molecule has 0 aliphatic carbocycles. The molecule has 0 saturated heterocycles. The molecule has 2 amide bonds. The van der Waals surface area contributed by atoms with Crippen LogP contribution in [0.4, 0.5) is 5.82 Å². The summed E-state index contributed by atoms with van der Waals surface area (Å²) in [5, 5.41) is 2.68. The van der Waals surface area contributed by atoms with Crippen molar-refractivity contribution in [3.05, 3.63) is 42.1 Å². The molecule has 0 spiro atoms. The molecule has 6 nitrogen and oxygen atoms in total. The molecule has 3 N–H and O–H groups in total. The molecular formula is C16H18N4O2. The van der Waals surface area contributed by atoms with Gasteiger partial charge in [-0.25, -0.2) is 9.97 Å². The second kappa shape index (κ2) is 7.31. The van der Waals surface area contributed by atoms with Crippen molar-refractivity contribution in [3.63, 3.8) is 0 Å². The Bertz CT molecular complexity index is 671. The van der Waals surface area contributed by atoms with Crippen LogP contribution in [-0.2, 0) is 4.79 Å². The molecule has 0 aliphatic heterocycles. The van der Waals surface area contributed by atoms with Gasteiger partial charge in [-0.1, -0.05) is 43.7 Å². The van der Waals surface area contributed by atoms with Gasteiger partial charge < -0.3 is 11.1 Å². The third-order valence-corrected chi connectivity index (χ3v) is 3.04. The Morgan fingerprint density at radius 3 is 2.55 bits per heavy atom. The Balaban J connectivity index is 2.32. The van der Waals surface area contributed by atoms with Crippen LogP contribution in [0.5, 0.6) is 0 Å². The summed E-state index contributed by atoms with van der Waals surface area (Å²) in [4.78, 5) is 31.6. The van der Waals surface area contributed by atoms with Gasteiger partial charge in [0, 0.05) is 18.1 Å². The van der Waals surface area contributed by atoms with E-state index in [-0.39, 0.29) is 17.4 Å². The van der Waals surface area contributed by atoms with Crippen LogP contribution in [0.15, 0.2) is 36.4 Å². The van der Waals surface area contributed by atoms with Gasteiger partial charge in [-0.3, -0.25) is 9.59 Å². The first kappa shape index (κ1) is 15.6. The van der Waals surface area contributed by atoms with E-state index in [1.165, 1.54) is 6.07 Å². The molecule has 0 aliphatic rings. The third-order valence-electron chi connectivity index (χ3n) is 3.04. The Hall–Kier alpha value is -2.76. The SMILES string of the molecule is CCCCC(=O)Nc1cc(C(N)=O)nc(-c2ccccc2)n1. The number of aromatic nitrogens is 2. The summed E-state index contributed by atoms with van der Waals surface area (Å²) in [5.41, 5.74) is 6.11. The molecule has 1 aromatic heterocycles. The maximum atomic E-state index is 11.8. The van der Waals surface area contributed by atoms with E-state index in [9.17, 15) is 9.59 Å². The van der Waals surface area contributed by atoms with Crippen molar-refractivity contribution in [2.75, 3.05) is 5.32 Å². The fourth-order valence-corrected chi connectivity index (χ4v) is 1.90. The van der Waals surface area contributed by atoms with Crippen molar-refractivity contribution in [3.8, 4) is 11.4 Å². The molecule has 2 rings (SSSR count). The summed E-state index contributed by atoms with van der Waals surface area (Å²) in [7, 11) is 0. The van der Waals surface area contributed by atoms with Gasteiger partial charge in [0.15, 0.2) is 5.82 Å². The topological polar surface area (TPSA) is 98.0 Å². The third kappa shape index (κ3) is 4.12. The quantitative estimate of drug-likeness (QED) is 0.855. The molecule has 1 heterocycles. The number of nitrogens with two attached hydrogens (primary N) is 1. The molecule has 0 saturated carbocycles. The van der Waals surface area contributed by atoms with E-state index >= 15 is 0 Å². The molecule has 1 aromatic carbocycles. The minimum atomic E-state index is -0.663. The highest BCUT2D eigenvalue weighted by Crippen LogP contribution is 2.18. The molecule has 0 atom stereocenters. The summed E-state index contributed by atoms with van der Waals surface area (Å²) in [6.07, 6.45) is 2.14. The van der Waals surface area contributed by atoms with Crippen LogP contribution in [0.2, 0.25) is 0 Å². The van der Waals surface area contributed by atoms with Gasteiger partial charge in [0.2, 0.25) is 5.91 Å². The summed E-state index contributed by atoms with van der Waals surface area (Å²) in [6, 6.07) is 10.6. The lowest BCUT2D eigenvalue weighted by Crippen LogP contribution is -2.17. The zero-order valence-electron chi connectivity index (χ0n) is 12.4. The number of nitrogens with zero attached hydrogens (tertiary/aromatic N) is 2. The van der Waals surface area contributed by atoms with Gasteiger partial charge >= 0.3 is 0 Å². The standard InChI is InChI=1S/C16H18N4O2/c1-2-3-9-14(21)19-13-10-12(15(17)22)18-16(20-13)11-7-5-4-6-8-11/h4-8,10H,2-3,9H2,1H3,(H2,17,22)(H,18,19,20,21). The zero-order valence-corrected chi connectivity index (χ0v) is 12.4. The van der Waals surface area contributed by atoms with E-state index in [0.29, 0.717) is 12.2 Å². The van der Waals surface area contributed by atoms with Gasteiger partial charge in [-0.15, -0.1) is 0 Å². The van der Waals surface area contributed by atoms with Crippen LogP contribution in [0.3, 0.4) is 0 Å². The number of carbonyl (C=O) groups is 2. The fraction of sp³-hybridized carbons (Fsp3) is 0.250. The molecular weight excluding hydrogens is 280 g/mol. The second-order valence-corrected chi connectivity index (χ2v) is 4.84. The lowest BCUT2D eigenvalue weighted by molar-refractivity contribution is -0.116. The molecule has 0 fully saturated rings. The Labute approximate surface area is 128 Å². The van der Waals surface area contributed by atoms with Crippen LogP contribution in [0.25, 0.3) is 11.4 Å². The average molecular weight is 298 g/mol. The maximum Gasteiger partial charge on any atom is 0.267 e. The van der Waals surface area contributed by atoms with E-state index in [2.05, 4.69) is 15.3 Å². The maximum absolute atomic E-state index is 11.8. The van der Waals surface area contributed by atoms with Crippen LogP contribution in [0.1, 0.15) is 36.7 Å². The van der Waals surface area contributed by atoms with Crippen molar-refractivity contribution < 1.29 is 9.59 Å². The monoisotopic (exact) mass is 298 g/mol. The van der Waals surface area contributed by atoms with Crippen molar-refractivity contribution in [1.29, 1.82) is 0 Å². The lowest BCUT2D eigenvalue weighted by Gasteiger charge is -2.08. The van der Waals surface area contributed by atoms with E-state index in [4.69, 9.17) is 5.73 Å². The van der Waals surface area contributed by atoms with E-state index in [1.54, 1.807) is 0 Å². The number of amides is 2. The van der Waals surface area contributed by atoms with E-state index < -0.39 is 5.91 Å². The van der Waals surface area contributed by atoms with Gasteiger partial charge in [-0.2, -0.15) is 0 Å². The second-order valence-electron chi connectivity index (χ2n) is 4.84. The molecule has 6 heteroatoms. The number of unbranched alkanes of at least 4 members (excludes halogenated alkanes) is 1. The predicted octanol–water partition coefficient (Wildman–Crippen LogP) is 2.37. The zero-order chi connectivity index (χ0) is 15.9. The molecule has 0 bridgehead atoms. The Morgan fingerprint density at radius 1 is 1.18 bits per heavy atom. The van der Waals surface area contributed by atoms with Gasteiger partial charge in [0.1, 0.15) is 11.5 Å². The number of hydrogen-bond donors (Lipinski definition) is 2. The predicted molar refractivity (Wildman–Crippen MR) is 84.1 cm³/mol. The lowest BCUT2D eigenvalue weighted by atomic mass is 10.2. The molecule has 0 unspecified atom stereocenters. The Kier molecular flexibility index (Phi) is 5.19. The largest absolute Gasteiger partial charge is 0.364 e. The first-order valence-corrected chi connectivity index (χ1v) is 7.14. The van der Waals surface area contributed by atoms with Gasteiger partial charge in [-0.05, 0) is 6.42 Å². The summed E-state index contributed by atoms with van der Waals surface area (Å²) < 4.78 is 0. The molecule has 2 aromatic rings. The van der Waals surface area contributed by atoms with Crippen molar-refractivity contribution in [1.82, 2.24) is 9.97 Å². The number of anilines is 1. The van der Waals surface area contributed by atoms with Gasteiger partial charge in [0.25, 0.3) is 5.91 Å². The van der Waals surface area contributed by atoms with E-state index in [0.717, 1.165) is 18.4 Å². The molecule has 22 heavy (non-hydrogen) atoms. The normalized spacial score (nSPS) is 10.2. The number of primary amides is 1. The number of benzene rings is 1. The minimum Gasteiger partial charge on any atom is -0.364 e. The number of hydrogen-bond acceptors (Lipinski definition) is 4. The number of rotatable bonds is 6. The minimum absolute atomic E-state index is 0.0691.